The topological polar surface area (TPSA) is 119 Å². The summed E-state index contributed by atoms with van der Waals surface area (Å²) in [4.78, 5) is 50.3. The van der Waals surface area contributed by atoms with E-state index in [1.807, 2.05) is 66.7 Å². The van der Waals surface area contributed by atoms with E-state index in [0.29, 0.717) is 11.4 Å². The van der Waals surface area contributed by atoms with Gasteiger partial charge in [-0.25, -0.2) is 14.8 Å². The van der Waals surface area contributed by atoms with E-state index >= 15 is 0 Å². The van der Waals surface area contributed by atoms with E-state index in [2.05, 4.69) is 16.9 Å². The van der Waals surface area contributed by atoms with Crippen molar-refractivity contribution in [2.24, 2.45) is 0 Å². The molecule has 2 N–H and O–H groups in total. The molecule has 0 bridgehead atoms. The molecular formula is C37H38N6O5. The summed E-state index contributed by atoms with van der Waals surface area (Å²) in [5.41, 5.74) is 3.94. The first-order chi connectivity index (χ1) is 23.4. The van der Waals surface area contributed by atoms with Gasteiger partial charge in [-0.15, -0.1) is 6.58 Å². The molecule has 0 unspecified atom stereocenters. The van der Waals surface area contributed by atoms with Gasteiger partial charge in [0.2, 0.25) is 11.8 Å². The molecule has 1 aromatic heterocycles. The zero-order valence-corrected chi connectivity index (χ0v) is 26.7. The average molecular weight is 647 g/mol. The molecule has 2 aliphatic rings. The first-order valence-electron chi connectivity index (χ1n) is 15.8. The summed E-state index contributed by atoms with van der Waals surface area (Å²) in [5, 5.41) is 16.1. The molecule has 3 heterocycles. The minimum atomic E-state index is -0.900. The Hall–Kier alpha value is -5.68. The van der Waals surface area contributed by atoms with Crippen molar-refractivity contribution in [3.63, 3.8) is 0 Å². The normalized spacial score (nSPS) is 18.0. The van der Waals surface area contributed by atoms with Crippen LogP contribution in [0.15, 0.2) is 110 Å². The number of ether oxygens (including phenoxy) is 1. The number of piperazine rings is 1. The summed E-state index contributed by atoms with van der Waals surface area (Å²) in [6, 6.07) is 26.2. The average Bonchev–Trinajstić information content (AvgIpc) is 3.10. The van der Waals surface area contributed by atoms with Gasteiger partial charge in [0.25, 0.3) is 0 Å². The predicted molar refractivity (Wildman–Crippen MR) is 180 cm³/mol. The minimum absolute atomic E-state index is 0.0727. The quantitative estimate of drug-likeness (QED) is 0.248. The summed E-state index contributed by atoms with van der Waals surface area (Å²) in [6.07, 6.45) is 2.75. The molecule has 2 atom stereocenters. The maximum atomic E-state index is 14.5. The van der Waals surface area contributed by atoms with Crippen LogP contribution in [0.25, 0.3) is 11.3 Å². The first-order valence-corrected chi connectivity index (χ1v) is 15.8. The second-order valence-electron chi connectivity index (χ2n) is 11.7. The van der Waals surface area contributed by atoms with Crippen molar-refractivity contribution in [1.29, 1.82) is 0 Å². The van der Waals surface area contributed by atoms with Gasteiger partial charge in [0.05, 0.1) is 25.9 Å². The van der Waals surface area contributed by atoms with E-state index in [1.54, 1.807) is 63.5 Å². The zero-order chi connectivity index (χ0) is 33.6. The Morgan fingerprint density at radius 2 is 1.75 bits per heavy atom. The SMILES string of the molecule is C=CCN1CC(=O)N2[C@@H](Cc3ccc(O)cc3)C(=O)N(Cc3cccnc3-c3ccccc3OC)C[C@@H]2N1C(=O)NCc1ccccc1. The van der Waals surface area contributed by atoms with Gasteiger partial charge < -0.3 is 25.0 Å². The number of hydrazine groups is 1. The lowest BCUT2D eigenvalue weighted by molar-refractivity contribution is -0.189. The molecule has 48 heavy (non-hydrogen) atoms. The molecule has 11 heteroatoms. The number of nitrogens with one attached hydrogen (secondary N) is 1. The Bertz CT molecular complexity index is 1780. The Labute approximate surface area is 279 Å². The number of hydrogen-bond donors (Lipinski definition) is 2. The van der Waals surface area contributed by atoms with Gasteiger partial charge in [-0.05, 0) is 47.0 Å². The molecule has 4 aromatic rings. The van der Waals surface area contributed by atoms with Crippen LogP contribution in [0.3, 0.4) is 0 Å². The lowest BCUT2D eigenvalue weighted by Crippen LogP contribution is -2.76. The van der Waals surface area contributed by atoms with E-state index in [1.165, 1.54) is 0 Å². The summed E-state index contributed by atoms with van der Waals surface area (Å²) in [7, 11) is 1.60. The maximum Gasteiger partial charge on any atom is 0.334 e. The number of aromatic nitrogens is 1. The molecule has 2 aliphatic heterocycles. The van der Waals surface area contributed by atoms with Crippen molar-refractivity contribution in [2.45, 2.75) is 31.7 Å². The number of amides is 4. The molecule has 6 rings (SSSR count). The number of para-hydroxylation sites is 1. The van der Waals surface area contributed by atoms with Crippen molar-refractivity contribution in [3.05, 3.63) is 127 Å². The predicted octanol–water partition coefficient (Wildman–Crippen LogP) is 4.20. The summed E-state index contributed by atoms with van der Waals surface area (Å²) in [5.74, 6) is 0.244. The Balaban J connectivity index is 1.38. The van der Waals surface area contributed by atoms with Crippen LogP contribution in [0, 0.1) is 0 Å². The van der Waals surface area contributed by atoms with E-state index in [4.69, 9.17) is 4.74 Å². The van der Waals surface area contributed by atoms with Crippen LogP contribution in [0.2, 0.25) is 0 Å². The number of rotatable bonds is 10. The largest absolute Gasteiger partial charge is 0.508 e. The van der Waals surface area contributed by atoms with Crippen molar-refractivity contribution in [2.75, 3.05) is 26.7 Å². The number of phenolic OH excluding ortho intramolecular Hbond substituents is 1. The van der Waals surface area contributed by atoms with E-state index in [-0.39, 0.29) is 56.7 Å². The van der Waals surface area contributed by atoms with E-state index < -0.39 is 18.2 Å². The second kappa shape index (κ2) is 14.4. The summed E-state index contributed by atoms with van der Waals surface area (Å²) >= 11 is 0. The van der Waals surface area contributed by atoms with Gasteiger partial charge in [0, 0.05) is 37.8 Å². The molecule has 0 spiro atoms. The van der Waals surface area contributed by atoms with Crippen LogP contribution >= 0.6 is 0 Å². The smallest absolute Gasteiger partial charge is 0.334 e. The number of aromatic hydroxyl groups is 1. The number of fused-ring (bicyclic) bond motifs is 1. The first kappa shape index (κ1) is 32.3. The van der Waals surface area contributed by atoms with E-state index in [0.717, 1.165) is 22.3 Å². The van der Waals surface area contributed by atoms with Crippen LogP contribution in [-0.4, -0.2) is 86.7 Å². The number of carbonyl (C=O) groups is 3. The number of phenols is 1. The number of urea groups is 1. The molecule has 4 amide bonds. The monoisotopic (exact) mass is 646 g/mol. The van der Waals surface area contributed by atoms with Crippen LogP contribution in [-0.2, 0) is 29.1 Å². The number of methoxy groups -OCH3 is 1. The molecule has 0 aliphatic carbocycles. The van der Waals surface area contributed by atoms with Crippen molar-refractivity contribution in [3.8, 4) is 22.8 Å². The molecule has 2 fully saturated rings. The fourth-order valence-corrected chi connectivity index (χ4v) is 6.41. The van der Waals surface area contributed by atoms with Crippen LogP contribution in [0.4, 0.5) is 4.79 Å². The van der Waals surface area contributed by atoms with Gasteiger partial charge in [-0.1, -0.05) is 66.7 Å². The van der Waals surface area contributed by atoms with Crippen LogP contribution in [0.1, 0.15) is 16.7 Å². The van der Waals surface area contributed by atoms with Gasteiger partial charge >= 0.3 is 6.03 Å². The lowest BCUT2D eigenvalue weighted by atomic mass is 9.97. The molecule has 11 nitrogen and oxygen atoms in total. The van der Waals surface area contributed by atoms with Gasteiger partial charge in [0.1, 0.15) is 23.7 Å². The molecule has 0 saturated carbocycles. The number of nitrogens with zero attached hydrogens (tertiary/aromatic N) is 5. The highest BCUT2D eigenvalue weighted by molar-refractivity contribution is 5.92. The van der Waals surface area contributed by atoms with Crippen LogP contribution < -0.4 is 10.1 Å². The minimum Gasteiger partial charge on any atom is -0.508 e. The number of carbonyl (C=O) groups excluding carboxylic acids is 3. The van der Waals surface area contributed by atoms with Gasteiger partial charge in [-0.3, -0.25) is 14.6 Å². The van der Waals surface area contributed by atoms with Gasteiger partial charge in [0.15, 0.2) is 0 Å². The van der Waals surface area contributed by atoms with Crippen molar-refractivity contribution < 1.29 is 24.2 Å². The highest BCUT2D eigenvalue weighted by atomic mass is 16.5. The Kier molecular flexibility index (Phi) is 9.67. The fourth-order valence-electron chi connectivity index (χ4n) is 6.41. The lowest BCUT2D eigenvalue weighted by Gasteiger charge is -2.55. The van der Waals surface area contributed by atoms with Crippen molar-refractivity contribution >= 4 is 17.8 Å². The number of benzene rings is 3. The molecule has 2 saturated heterocycles. The number of hydrogen-bond acceptors (Lipinski definition) is 7. The Morgan fingerprint density at radius 1 is 1.00 bits per heavy atom. The maximum absolute atomic E-state index is 14.5. The zero-order valence-electron chi connectivity index (χ0n) is 26.7. The fraction of sp³-hybridized carbons (Fsp3) is 0.243. The highest BCUT2D eigenvalue weighted by Crippen LogP contribution is 2.33. The van der Waals surface area contributed by atoms with E-state index in [9.17, 15) is 19.5 Å². The number of pyridine rings is 1. The molecule has 3 aromatic carbocycles. The molecular weight excluding hydrogens is 608 g/mol. The van der Waals surface area contributed by atoms with Crippen molar-refractivity contribution in [1.82, 2.24) is 30.1 Å². The third-order valence-electron chi connectivity index (χ3n) is 8.64. The van der Waals surface area contributed by atoms with Gasteiger partial charge in [-0.2, -0.15) is 0 Å². The Morgan fingerprint density at radius 3 is 2.50 bits per heavy atom. The molecule has 246 valence electrons. The second-order valence-corrected chi connectivity index (χ2v) is 11.7. The highest BCUT2D eigenvalue weighted by Gasteiger charge is 2.51. The summed E-state index contributed by atoms with van der Waals surface area (Å²) in [6.45, 7) is 4.56. The van der Waals surface area contributed by atoms with Crippen LogP contribution in [0.5, 0.6) is 11.5 Å². The third kappa shape index (κ3) is 6.72. The standard InChI is InChI=1S/C37H38N6O5/c1-3-20-41-25-34(45)42-31(21-26-15-17-29(44)18-16-26)36(46)40(24-33(42)43(41)37(47)39-22-27-10-5-4-6-11-27)23-28-12-9-19-38-35(28)30-13-7-8-14-32(30)48-2/h3-19,31,33,44H,1,20-25H2,2H3,(H,39,47)/t31-,33-/m0/s1. The summed E-state index contributed by atoms with van der Waals surface area (Å²) < 4.78 is 5.62. The third-order valence-corrected chi connectivity index (χ3v) is 8.64. The molecule has 0 radical (unpaired) electrons.